The fourth-order valence-corrected chi connectivity index (χ4v) is 5.02. The molecular weight excluding hydrogens is 497 g/mol. The zero-order valence-electron chi connectivity index (χ0n) is 19.4. The molecule has 7 nitrogen and oxygen atoms in total. The second kappa shape index (κ2) is 9.56. The van der Waals surface area contributed by atoms with Crippen molar-refractivity contribution in [3.05, 3.63) is 70.5 Å². The third kappa shape index (κ3) is 5.05. The van der Waals surface area contributed by atoms with Crippen molar-refractivity contribution < 1.29 is 31.5 Å². The van der Waals surface area contributed by atoms with Gasteiger partial charge >= 0.3 is 6.18 Å². The van der Waals surface area contributed by atoms with E-state index in [4.69, 9.17) is 4.74 Å². The first-order valence-electron chi connectivity index (χ1n) is 11.7. The van der Waals surface area contributed by atoms with E-state index in [0.29, 0.717) is 36.1 Å². The highest BCUT2D eigenvalue weighted by Gasteiger charge is 2.46. The molecule has 12 heteroatoms. The van der Waals surface area contributed by atoms with Crippen molar-refractivity contribution >= 4 is 17.1 Å². The maximum absolute atomic E-state index is 13.4. The number of carbonyl (C=O) groups is 1. The van der Waals surface area contributed by atoms with E-state index in [1.54, 1.807) is 24.3 Å². The van der Waals surface area contributed by atoms with Gasteiger partial charge in [0.1, 0.15) is 5.75 Å². The molecule has 0 unspecified atom stereocenters. The molecule has 194 valence electrons. The predicted octanol–water partition coefficient (Wildman–Crippen LogP) is 5.13. The molecule has 5 rings (SSSR count). The molecular formula is C25H22F5N5O2. The van der Waals surface area contributed by atoms with Crippen LogP contribution < -0.4 is 10.1 Å². The third-order valence-electron chi connectivity index (χ3n) is 6.73. The van der Waals surface area contributed by atoms with Gasteiger partial charge in [-0.2, -0.15) is 18.4 Å². The van der Waals surface area contributed by atoms with Crippen LogP contribution in [-0.4, -0.2) is 39.3 Å². The fraction of sp³-hybridized carbons (Fsp3) is 0.360. The van der Waals surface area contributed by atoms with E-state index < -0.39 is 30.5 Å². The van der Waals surface area contributed by atoms with Crippen molar-refractivity contribution in [2.24, 2.45) is 0 Å². The molecule has 2 aliphatic rings. The van der Waals surface area contributed by atoms with E-state index in [2.05, 4.69) is 25.9 Å². The van der Waals surface area contributed by atoms with Gasteiger partial charge in [-0.15, -0.1) is 10.2 Å². The second-order valence-corrected chi connectivity index (χ2v) is 9.11. The highest BCUT2D eigenvalue weighted by Crippen LogP contribution is 2.48. The third-order valence-corrected chi connectivity index (χ3v) is 6.73. The van der Waals surface area contributed by atoms with E-state index in [1.807, 2.05) is 6.07 Å². The molecule has 2 N–H and O–H groups in total. The number of hydrogen-bond acceptors (Lipinski definition) is 5. The molecule has 1 spiro atoms. The van der Waals surface area contributed by atoms with Gasteiger partial charge in [0.15, 0.2) is 0 Å². The normalized spacial score (nSPS) is 19.5. The average molecular weight is 519 g/mol. The summed E-state index contributed by atoms with van der Waals surface area (Å²) in [5.41, 5.74) is 2.31. The first kappa shape index (κ1) is 24.8. The molecule has 37 heavy (non-hydrogen) atoms. The fourth-order valence-electron chi connectivity index (χ4n) is 5.02. The van der Waals surface area contributed by atoms with Crippen LogP contribution in [0.2, 0.25) is 0 Å². The van der Waals surface area contributed by atoms with Gasteiger partial charge in [-0.3, -0.25) is 4.79 Å². The quantitative estimate of drug-likeness (QED) is 0.334. The van der Waals surface area contributed by atoms with Gasteiger partial charge in [-0.05, 0) is 58.9 Å². The van der Waals surface area contributed by atoms with Crippen molar-refractivity contribution in [3.8, 4) is 5.75 Å². The SMILES string of the molecule is O=C1N[C@]2(CCc3cc(OCCCC(F)(F)F)ccc32)CC(c2ccc(C(F)F)cc2)=C1c1nn[nH]n1. The Labute approximate surface area is 208 Å². The van der Waals surface area contributed by atoms with Gasteiger partial charge in [0.05, 0.1) is 17.7 Å². The van der Waals surface area contributed by atoms with Gasteiger partial charge < -0.3 is 10.1 Å². The van der Waals surface area contributed by atoms with Crippen molar-refractivity contribution in [1.82, 2.24) is 25.9 Å². The van der Waals surface area contributed by atoms with Gasteiger partial charge in [-0.1, -0.05) is 30.3 Å². The van der Waals surface area contributed by atoms with Gasteiger partial charge in [0.25, 0.3) is 12.3 Å². The van der Waals surface area contributed by atoms with Gasteiger partial charge in [0, 0.05) is 18.4 Å². The van der Waals surface area contributed by atoms with Crippen LogP contribution in [0.3, 0.4) is 0 Å². The lowest BCUT2D eigenvalue weighted by Gasteiger charge is -2.37. The maximum atomic E-state index is 13.4. The Morgan fingerprint density at radius 1 is 1.11 bits per heavy atom. The topological polar surface area (TPSA) is 92.8 Å². The van der Waals surface area contributed by atoms with Crippen LogP contribution >= 0.6 is 0 Å². The van der Waals surface area contributed by atoms with Crippen molar-refractivity contribution in [2.45, 2.75) is 50.2 Å². The summed E-state index contributed by atoms with van der Waals surface area (Å²) in [6, 6.07) is 11.0. The molecule has 0 saturated heterocycles. The Kier molecular flexibility index (Phi) is 6.42. The number of benzene rings is 2. The number of carbonyl (C=O) groups excluding carboxylic acids is 1. The molecule has 3 aromatic rings. The molecule has 2 aromatic carbocycles. The van der Waals surface area contributed by atoms with Crippen LogP contribution in [0.5, 0.6) is 5.75 Å². The number of nitrogens with one attached hydrogen (secondary N) is 2. The van der Waals surface area contributed by atoms with Crippen molar-refractivity contribution in [3.63, 3.8) is 0 Å². The molecule has 1 atom stereocenters. The number of fused-ring (bicyclic) bond motifs is 2. The summed E-state index contributed by atoms with van der Waals surface area (Å²) in [5, 5.41) is 16.9. The molecule has 0 radical (unpaired) electrons. The van der Waals surface area contributed by atoms with E-state index in [9.17, 15) is 26.7 Å². The number of amides is 1. The Hall–Kier alpha value is -3.83. The van der Waals surface area contributed by atoms with Crippen molar-refractivity contribution in [2.75, 3.05) is 6.61 Å². The van der Waals surface area contributed by atoms with Gasteiger partial charge in [0.2, 0.25) is 5.82 Å². The van der Waals surface area contributed by atoms with Crippen LogP contribution in [0.15, 0.2) is 42.5 Å². The zero-order valence-corrected chi connectivity index (χ0v) is 19.4. The maximum Gasteiger partial charge on any atom is 0.389 e. The number of nitrogens with zero attached hydrogens (tertiary/aromatic N) is 3. The molecule has 0 saturated carbocycles. The highest BCUT2D eigenvalue weighted by atomic mass is 19.4. The Morgan fingerprint density at radius 2 is 1.89 bits per heavy atom. The number of rotatable bonds is 7. The lowest BCUT2D eigenvalue weighted by atomic mass is 9.77. The van der Waals surface area contributed by atoms with E-state index in [1.165, 1.54) is 12.1 Å². The number of ether oxygens (including phenoxy) is 1. The van der Waals surface area contributed by atoms with Crippen LogP contribution in [0, 0.1) is 0 Å². The number of H-pyrrole nitrogens is 1. The largest absolute Gasteiger partial charge is 0.494 e. The standard InChI is InChI=1S/C25H22F5N5O2/c26-21(27)15-4-2-14(3-5-15)18-13-24(31-23(36)20(18)22-32-34-35-33-22)10-8-16-12-17(6-7-19(16)24)37-11-1-9-25(28,29)30/h2-7,12,21H,1,8-11,13H2,(H,31,36)(H,32,33,34,35)/t24-/m1/s1. The van der Waals surface area contributed by atoms with Crippen LogP contribution in [0.25, 0.3) is 11.1 Å². The number of tetrazole rings is 1. The minimum atomic E-state index is -4.22. The van der Waals surface area contributed by atoms with Crippen molar-refractivity contribution in [1.29, 1.82) is 0 Å². The summed E-state index contributed by atoms with van der Waals surface area (Å²) in [6.07, 6.45) is -6.35. The number of aromatic nitrogens is 4. The molecule has 2 heterocycles. The number of alkyl halides is 5. The number of aromatic amines is 1. The lowest BCUT2D eigenvalue weighted by Crippen LogP contribution is -2.48. The Balaban J connectivity index is 1.45. The van der Waals surface area contributed by atoms with E-state index >= 15 is 0 Å². The summed E-state index contributed by atoms with van der Waals surface area (Å²) in [4.78, 5) is 13.4. The smallest absolute Gasteiger partial charge is 0.389 e. The number of hydrogen-bond donors (Lipinski definition) is 2. The summed E-state index contributed by atoms with van der Waals surface area (Å²) < 4.78 is 68.9. The lowest BCUT2D eigenvalue weighted by molar-refractivity contribution is -0.136. The van der Waals surface area contributed by atoms with E-state index in [-0.39, 0.29) is 30.0 Å². The van der Waals surface area contributed by atoms with Crippen LogP contribution in [0.4, 0.5) is 22.0 Å². The highest BCUT2D eigenvalue weighted by molar-refractivity contribution is 6.27. The summed E-state index contributed by atoms with van der Waals surface area (Å²) in [6.45, 7) is -0.0598. The molecule has 1 aliphatic heterocycles. The number of aryl methyl sites for hydroxylation is 1. The Bertz CT molecular complexity index is 1320. The average Bonchev–Trinajstić information content (AvgIpc) is 3.50. The monoisotopic (exact) mass is 519 g/mol. The molecule has 0 fully saturated rings. The first-order chi connectivity index (χ1) is 17.7. The van der Waals surface area contributed by atoms with Crippen LogP contribution in [-0.2, 0) is 16.8 Å². The van der Waals surface area contributed by atoms with Crippen LogP contribution in [0.1, 0.15) is 60.2 Å². The molecule has 1 aromatic heterocycles. The predicted molar refractivity (Wildman–Crippen MR) is 122 cm³/mol. The summed E-state index contributed by atoms with van der Waals surface area (Å²) in [5.74, 6) is 0.146. The Morgan fingerprint density at radius 3 is 2.57 bits per heavy atom. The number of halogens is 5. The summed E-state index contributed by atoms with van der Waals surface area (Å²) in [7, 11) is 0. The summed E-state index contributed by atoms with van der Waals surface area (Å²) >= 11 is 0. The second-order valence-electron chi connectivity index (χ2n) is 9.11. The molecule has 1 aliphatic carbocycles. The first-order valence-corrected chi connectivity index (χ1v) is 11.7. The molecule has 1 amide bonds. The molecule has 0 bridgehead atoms. The minimum Gasteiger partial charge on any atom is -0.494 e. The van der Waals surface area contributed by atoms with E-state index in [0.717, 1.165) is 11.1 Å². The minimum absolute atomic E-state index is 0.0598. The zero-order chi connectivity index (χ0) is 26.2. The van der Waals surface area contributed by atoms with Gasteiger partial charge in [-0.25, -0.2) is 8.78 Å².